The zero-order chi connectivity index (χ0) is 15.3. The second-order valence-corrected chi connectivity index (χ2v) is 7.92. The molecule has 1 saturated heterocycles. The normalized spacial score (nSPS) is 20.1. The number of aliphatic hydroxyl groups is 1. The van der Waals surface area contributed by atoms with Crippen molar-refractivity contribution in [2.75, 3.05) is 24.7 Å². The van der Waals surface area contributed by atoms with Crippen molar-refractivity contribution in [1.82, 2.24) is 5.32 Å². The van der Waals surface area contributed by atoms with Crippen molar-refractivity contribution < 1.29 is 18.3 Å². The molecule has 1 unspecified atom stereocenters. The predicted molar refractivity (Wildman–Crippen MR) is 82.4 cm³/mol. The summed E-state index contributed by atoms with van der Waals surface area (Å²) in [6.07, 6.45) is 0.630. The minimum atomic E-state index is -2.83. The summed E-state index contributed by atoms with van der Waals surface area (Å²) in [5, 5.41) is 13.1. The Morgan fingerprint density at radius 3 is 2.76 bits per heavy atom. The topological polar surface area (TPSA) is 75.6 Å². The first kappa shape index (κ1) is 16.3. The Labute approximate surface area is 126 Å². The highest BCUT2D eigenvalue weighted by Crippen LogP contribution is 2.13. The molecule has 0 saturated carbocycles. The minimum absolute atomic E-state index is 0.169. The maximum Gasteiger partial charge on any atom is 0.150 e. The van der Waals surface area contributed by atoms with E-state index in [-0.39, 0.29) is 24.2 Å². The van der Waals surface area contributed by atoms with E-state index >= 15 is 0 Å². The van der Waals surface area contributed by atoms with Gasteiger partial charge in [0.1, 0.15) is 28.3 Å². The van der Waals surface area contributed by atoms with E-state index in [1.165, 1.54) is 0 Å². The average molecular weight is 313 g/mol. The predicted octanol–water partition coefficient (Wildman–Crippen LogP) is 0.902. The van der Waals surface area contributed by atoms with Crippen LogP contribution >= 0.6 is 0 Å². The SMILES string of the molecule is Cc1cccc(OCC(O)CNC2CCS(=O)(=O)CC2)c1. The van der Waals surface area contributed by atoms with Crippen molar-refractivity contribution in [1.29, 1.82) is 0 Å². The molecular formula is C15H23NO4S. The molecule has 5 nitrogen and oxygen atoms in total. The molecule has 0 radical (unpaired) electrons. The van der Waals surface area contributed by atoms with Crippen LogP contribution < -0.4 is 10.1 Å². The smallest absolute Gasteiger partial charge is 0.150 e. The van der Waals surface area contributed by atoms with Crippen molar-refractivity contribution in [3.8, 4) is 5.75 Å². The largest absolute Gasteiger partial charge is 0.491 e. The molecule has 0 aromatic heterocycles. The molecule has 0 bridgehead atoms. The highest BCUT2D eigenvalue weighted by molar-refractivity contribution is 7.91. The van der Waals surface area contributed by atoms with Crippen LogP contribution in [0.4, 0.5) is 0 Å². The van der Waals surface area contributed by atoms with Gasteiger partial charge in [0.05, 0.1) is 11.5 Å². The third-order valence-corrected chi connectivity index (χ3v) is 5.34. The Balaban J connectivity index is 1.67. The molecule has 1 aliphatic heterocycles. The number of benzene rings is 1. The van der Waals surface area contributed by atoms with Gasteiger partial charge < -0.3 is 15.2 Å². The Morgan fingerprint density at radius 2 is 2.10 bits per heavy atom. The van der Waals surface area contributed by atoms with Gasteiger partial charge in [0.25, 0.3) is 0 Å². The van der Waals surface area contributed by atoms with Gasteiger partial charge in [-0.05, 0) is 37.5 Å². The first-order chi connectivity index (χ1) is 9.94. The van der Waals surface area contributed by atoms with Gasteiger partial charge in [0.2, 0.25) is 0 Å². The van der Waals surface area contributed by atoms with Crippen molar-refractivity contribution >= 4 is 9.84 Å². The maximum atomic E-state index is 11.3. The molecule has 21 heavy (non-hydrogen) atoms. The zero-order valence-corrected chi connectivity index (χ0v) is 13.1. The van der Waals surface area contributed by atoms with E-state index in [0.717, 1.165) is 11.3 Å². The average Bonchev–Trinajstić information content (AvgIpc) is 2.44. The summed E-state index contributed by atoms with van der Waals surface area (Å²) in [6, 6.07) is 7.85. The van der Waals surface area contributed by atoms with Gasteiger partial charge in [0, 0.05) is 12.6 Å². The quantitative estimate of drug-likeness (QED) is 0.816. The summed E-state index contributed by atoms with van der Waals surface area (Å²) >= 11 is 0. The summed E-state index contributed by atoms with van der Waals surface area (Å²) in [7, 11) is -2.83. The molecule has 1 aromatic carbocycles. The van der Waals surface area contributed by atoms with Crippen LogP contribution in [0.2, 0.25) is 0 Å². The van der Waals surface area contributed by atoms with E-state index in [1.807, 2.05) is 31.2 Å². The van der Waals surface area contributed by atoms with Crippen LogP contribution in [-0.4, -0.2) is 50.3 Å². The summed E-state index contributed by atoms with van der Waals surface area (Å²) in [5.74, 6) is 1.22. The molecule has 1 heterocycles. The highest BCUT2D eigenvalue weighted by atomic mass is 32.2. The van der Waals surface area contributed by atoms with E-state index in [1.54, 1.807) is 0 Å². The third-order valence-electron chi connectivity index (χ3n) is 3.63. The Hall–Kier alpha value is -1.11. The van der Waals surface area contributed by atoms with Crippen LogP contribution in [0, 0.1) is 6.92 Å². The number of rotatable bonds is 6. The molecule has 0 spiro atoms. The van der Waals surface area contributed by atoms with Crippen LogP contribution in [0.1, 0.15) is 18.4 Å². The van der Waals surface area contributed by atoms with Crippen LogP contribution in [-0.2, 0) is 9.84 Å². The number of sulfone groups is 1. The van der Waals surface area contributed by atoms with E-state index in [0.29, 0.717) is 19.4 Å². The van der Waals surface area contributed by atoms with E-state index < -0.39 is 15.9 Å². The molecule has 6 heteroatoms. The van der Waals surface area contributed by atoms with Crippen molar-refractivity contribution in [3.63, 3.8) is 0 Å². The van der Waals surface area contributed by atoms with Gasteiger partial charge in [-0.25, -0.2) is 8.42 Å². The number of ether oxygens (including phenoxy) is 1. The summed E-state index contributed by atoms with van der Waals surface area (Å²) in [6.45, 7) is 2.62. The summed E-state index contributed by atoms with van der Waals surface area (Å²) < 4.78 is 28.2. The second-order valence-electron chi connectivity index (χ2n) is 5.62. The second kappa shape index (κ2) is 7.24. The number of nitrogens with one attached hydrogen (secondary N) is 1. The van der Waals surface area contributed by atoms with Crippen LogP contribution in [0.15, 0.2) is 24.3 Å². The lowest BCUT2D eigenvalue weighted by molar-refractivity contribution is 0.103. The lowest BCUT2D eigenvalue weighted by atomic mass is 10.1. The molecule has 1 aliphatic rings. The standard InChI is InChI=1S/C15H23NO4S/c1-12-3-2-4-15(9-12)20-11-14(17)10-16-13-5-7-21(18,19)8-6-13/h2-4,9,13-14,16-17H,5-8,10-11H2,1H3. The molecular weight excluding hydrogens is 290 g/mol. The number of hydrogen-bond donors (Lipinski definition) is 2. The summed E-state index contributed by atoms with van der Waals surface area (Å²) in [4.78, 5) is 0. The number of hydrogen-bond acceptors (Lipinski definition) is 5. The molecule has 0 amide bonds. The van der Waals surface area contributed by atoms with Crippen LogP contribution in [0.25, 0.3) is 0 Å². The molecule has 1 atom stereocenters. The van der Waals surface area contributed by atoms with Crippen LogP contribution in [0.5, 0.6) is 5.75 Å². The molecule has 118 valence electrons. The minimum Gasteiger partial charge on any atom is -0.491 e. The lowest BCUT2D eigenvalue weighted by Crippen LogP contribution is -2.42. The van der Waals surface area contributed by atoms with Gasteiger partial charge in [-0.2, -0.15) is 0 Å². The maximum absolute atomic E-state index is 11.3. The van der Waals surface area contributed by atoms with Crippen molar-refractivity contribution in [2.24, 2.45) is 0 Å². The fourth-order valence-corrected chi connectivity index (χ4v) is 3.84. The molecule has 2 N–H and O–H groups in total. The monoisotopic (exact) mass is 313 g/mol. The van der Waals surface area contributed by atoms with Gasteiger partial charge in [-0.15, -0.1) is 0 Å². The Kier molecular flexibility index (Phi) is 5.61. The van der Waals surface area contributed by atoms with Gasteiger partial charge in [0.15, 0.2) is 0 Å². The lowest BCUT2D eigenvalue weighted by Gasteiger charge is -2.24. The Morgan fingerprint density at radius 1 is 1.38 bits per heavy atom. The first-order valence-electron chi connectivity index (χ1n) is 7.26. The van der Waals surface area contributed by atoms with E-state index in [9.17, 15) is 13.5 Å². The molecule has 2 rings (SSSR count). The molecule has 0 aliphatic carbocycles. The van der Waals surface area contributed by atoms with Crippen LogP contribution in [0.3, 0.4) is 0 Å². The van der Waals surface area contributed by atoms with Gasteiger partial charge in [-0.1, -0.05) is 12.1 Å². The Bertz CT molecular complexity index is 545. The third kappa shape index (κ3) is 5.65. The molecule has 1 fully saturated rings. The van der Waals surface area contributed by atoms with Gasteiger partial charge in [-0.3, -0.25) is 0 Å². The summed E-state index contributed by atoms with van der Waals surface area (Å²) in [5.41, 5.74) is 1.11. The fraction of sp³-hybridized carbons (Fsp3) is 0.600. The van der Waals surface area contributed by atoms with Gasteiger partial charge >= 0.3 is 0 Å². The number of aliphatic hydroxyl groups excluding tert-OH is 1. The van der Waals surface area contributed by atoms with E-state index in [2.05, 4.69) is 5.32 Å². The van der Waals surface area contributed by atoms with Crippen molar-refractivity contribution in [3.05, 3.63) is 29.8 Å². The van der Waals surface area contributed by atoms with E-state index in [4.69, 9.17) is 4.74 Å². The fourth-order valence-electron chi connectivity index (χ4n) is 2.35. The highest BCUT2D eigenvalue weighted by Gasteiger charge is 2.23. The first-order valence-corrected chi connectivity index (χ1v) is 9.08. The number of aryl methyl sites for hydroxylation is 1. The zero-order valence-electron chi connectivity index (χ0n) is 12.3. The van der Waals surface area contributed by atoms with Crippen molar-refractivity contribution in [2.45, 2.75) is 31.9 Å². The molecule has 1 aromatic rings.